The van der Waals surface area contributed by atoms with Crippen molar-refractivity contribution < 1.29 is 9.53 Å². The van der Waals surface area contributed by atoms with E-state index in [9.17, 15) is 4.79 Å². The fraction of sp³-hybridized carbons (Fsp3) is 0.263. The fourth-order valence-corrected chi connectivity index (χ4v) is 3.33. The Morgan fingerprint density at radius 3 is 2.84 bits per heavy atom. The third-order valence-corrected chi connectivity index (χ3v) is 4.86. The summed E-state index contributed by atoms with van der Waals surface area (Å²) in [7, 11) is 1.63. The van der Waals surface area contributed by atoms with Crippen LogP contribution in [0.15, 0.2) is 53.7 Å². The van der Waals surface area contributed by atoms with Crippen molar-refractivity contribution >= 4 is 28.7 Å². The molecule has 0 saturated carbocycles. The summed E-state index contributed by atoms with van der Waals surface area (Å²) >= 11 is 1.42. The van der Waals surface area contributed by atoms with E-state index in [1.807, 2.05) is 43.3 Å². The van der Waals surface area contributed by atoms with Crippen LogP contribution in [0.4, 0.5) is 0 Å². The highest BCUT2D eigenvalue weighted by Crippen LogP contribution is 2.25. The van der Waals surface area contributed by atoms with Gasteiger partial charge in [0.25, 0.3) is 0 Å². The number of hydrogen-bond acceptors (Lipinski definition) is 4. The molecule has 1 heterocycles. The lowest BCUT2D eigenvalue weighted by Gasteiger charge is -2.10. The Bertz CT molecular complexity index is 848. The highest BCUT2D eigenvalue weighted by atomic mass is 32.2. The van der Waals surface area contributed by atoms with Gasteiger partial charge in [-0.05, 0) is 31.0 Å². The molecule has 1 atom stereocenters. The summed E-state index contributed by atoms with van der Waals surface area (Å²) in [5.74, 6) is 0.790. The largest absolute Gasteiger partial charge is 0.497 e. The molecule has 0 aliphatic heterocycles. The van der Waals surface area contributed by atoms with Crippen molar-refractivity contribution in [2.75, 3.05) is 13.7 Å². The number of fused-ring (bicyclic) bond motifs is 1. The summed E-state index contributed by atoms with van der Waals surface area (Å²) in [6.45, 7) is 2.52. The minimum Gasteiger partial charge on any atom is -0.497 e. The Morgan fingerprint density at radius 2 is 2.08 bits per heavy atom. The molecule has 2 aromatic carbocycles. The van der Waals surface area contributed by atoms with E-state index in [2.05, 4.69) is 27.4 Å². The molecule has 130 valence electrons. The van der Waals surface area contributed by atoms with Crippen LogP contribution in [0.1, 0.15) is 12.5 Å². The van der Waals surface area contributed by atoms with Crippen LogP contribution >= 0.6 is 11.8 Å². The van der Waals surface area contributed by atoms with Gasteiger partial charge in [0.2, 0.25) is 5.91 Å². The number of nitrogens with one attached hydrogen (secondary N) is 2. The number of aromatic amines is 1. The quantitative estimate of drug-likeness (QED) is 0.638. The van der Waals surface area contributed by atoms with Crippen LogP contribution in [0.3, 0.4) is 0 Å². The van der Waals surface area contributed by atoms with Gasteiger partial charge in [-0.1, -0.05) is 42.1 Å². The van der Waals surface area contributed by atoms with Crippen molar-refractivity contribution in [3.05, 3.63) is 54.1 Å². The van der Waals surface area contributed by atoms with Gasteiger partial charge in [-0.2, -0.15) is 0 Å². The van der Waals surface area contributed by atoms with Gasteiger partial charge in [0.1, 0.15) is 5.75 Å². The van der Waals surface area contributed by atoms with Crippen LogP contribution in [0.2, 0.25) is 0 Å². The second-order valence-corrected chi connectivity index (χ2v) is 7.04. The maximum absolute atomic E-state index is 12.3. The summed E-state index contributed by atoms with van der Waals surface area (Å²) in [5.41, 5.74) is 2.98. The SMILES string of the molecule is COc1ccc2nc(SC(C)C(=O)NCCc3ccccc3)[nH]c2c1. The molecule has 0 fully saturated rings. The molecule has 3 rings (SSSR count). The van der Waals surface area contributed by atoms with Crippen molar-refractivity contribution in [3.63, 3.8) is 0 Å². The van der Waals surface area contributed by atoms with E-state index in [0.717, 1.165) is 28.4 Å². The summed E-state index contributed by atoms with van der Waals surface area (Å²) in [6.07, 6.45) is 0.828. The van der Waals surface area contributed by atoms with Crippen molar-refractivity contribution in [2.24, 2.45) is 0 Å². The number of rotatable bonds is 7. The Balaban J connectivity index is 1.54. The molecule has 0 aliphatic rings. The molecule has 0 bridgehead atoms. The van der Waals surface area contributed by atoms with Crippen LogP contribution in [-0.2, 0) is 11.2 Å². The Kier molecular flexibility index (Phi) is 5.60. The van der Waals surface area contributed by atoms with Crippen LogP contribution in [-0.4, -0.2) is 34.8 Å². The maximum Gasteiger partial charge on any atom is 0.233 e. The molecule has 1 amide bonds. The molecule has 1 aromatic heterocycles. The number of carbonyl (C=O) groups excluding carboxylic acids is 1. The lowest BCUT2D eigenvalue weighted by molar-refractivity contribution is -0.120. The summed E-state index contributed by atoms with van der Waals surface area (Å²) < 4.78 is 5.21. The average molecular weight is 355 g/mol. The van der Waals surface area contributed by atoms with E-state index >= 15 is 0 Å². The lowest BCUT2D eigenvalue weighted by Crippen LogP contribution is -2.32. The zero-order chi connectivity index (χ0) is 17.6. The number of benzene rings is 2. The molecule has 0 spiro atoms. The van der Waals surface area contributed by atoms with Crippen LogP contribution in [0.5, 0.6) is 5.75 Å². The normalized spacial score (nSPS) is 12.1. The van der Waals surface area contributed by atoms with Crippen LogP contribution in [0, 0.1) is 0 Å². The highest BCUT2D eigenvalue weighted by Gasteiger charge is 2.16. The molecule has 0 saturated heterocycles. The van der Waals surface area contributed by atoms with Gasteiger partial charge >= 0.3 is 0 Å². The zero-order valence-corrected chi connectivity index (χ0v) is 15.1. The summed E-state index contributed by atoms with van der Waals surface area (Å²) in [5, 5.41) is 3.49. The van der Waals surface area contributed by atoms with E-state index in [0.29, 0.717) is 6.54 Å². The van der Waals surface area contributed by atoms with Gasteiger partial charge < -0.3 is 15.0 Å². The van der Waals surface area contributed by atoms with Gasteiger partial charge in [-0.3, -0.25) is 4.79 Å². The minimum atomic E-state index is -0.224. The summed E-state index contributed by atoms with van der Waals surface area (Å²) in [6, 6.07) is 15.8. The number of aromatic nitrogens is 2. The number of methoxy groups -OCH3 is 1. The first-order chi connectivity index (χ1) is 12.2. The number of thioether (sulfide) groups is 1. The van der Waals surface area contributed by atoms with E-state index in [4.69, 9.17) is 4.74 Å². The monoisotopic (exact) mass is 355 g/mol. The topological polar surface area (TPSA) is 67.0 Å². The van der Waals surface area contributed by atoms with Gasteiger partial charge in [0.05, 0.1) is 23.4 Å². The summed E-state index contributed by atoms with van der Waals surface area (Å²) in [4.78, 5) is 20.0. The van der Waals surface area contributed by atoms with Gasteiger partial charge in [0.15, 0.2) is 5.16 Å². The molecule has 3 aromatic rings. The lowest BCUT2D eigenvalue weighted by atomic mass is 10.1. The first-order valence-electron chi connectivity index (χ1n) is 8.18. The Labute approximate surface area is 151 Å². The van der Waals surface area contributed by atoms with Crippen LogP contribution < -0.4 is 10.1 Å². The molecule has 0 aliphatic carbocycles. The molecule has 6 heteroatoms. The van der Waals surface area contributed by atoms with Crippen molar-refractivity contribution in [1.82, 2.24) is 15.3 Å². The second kappa shape index (κ2) is 8.07. The Morgan fingerprint density at radius 1 is 1.28 bits per heavy atom. The first-order valence-corrected chi connectivity index (χ1v) is 9.06. The van der Waals surface area contributed by atoms with E-state index < -0.39 is 0 Å². The molecule has 0 radical (unpaired) electrons. The maximum atomic E-state index is 12.3. The van der Waals surface area contributed by atoms with E-state index in [1.165, 1.54) is 17.3 Å². The first kappa shape index (κ1) is 17.4. The molecule has 25 heavy (non-hydrogen) atoms. The highest BCUT2D eigenvalue weighted by molar-refractivity contribution is 8.00. The third-order valence-electron chi connectivity index (χ3n) is 3.88. The number of H-pyrrole nitrogens is 1. The number of imidazole rings is 1. The molecule has 2 N–H and O–H groups in total. The number of hydrogen-bond donors (Lipinski definition) is 2. The smallest absolute Gasteiger partial charge is 0.233 e. The van der Waals surface area contributed by atoms with Gasteiger partial charge in [-0.25, -0.2) is 4.98 Å². The molecular weight excluding hydrogens is 334 g/mol. The fourth-order valence-electron chi connectivity index (χ4n) is 2.49. The van der Waals surface area contributed by atoms with Crippen molar-refractivity contribution in [3.8, 4) is 5.75 Å². The zero-order valence-electron chi connectivity index (χ0n) is 14.3. The Hall–Kier alpha value is -2.47. The third kappa shape index (κ3) is 4.54. The molecule has 5 nitrogen and oxygen atoms in total. The minimum absolute atomic E-state index is 0.0129. The number of amides is 1. The predicted octanol–water partition coefficient (Wildman–Crippen LogP) is 3.41. The van der Waals surface area contributed by atoms with Crippen molar-refractivity contribution in [2.45, 2.75) is 23.8 Å². The van der Waals surface area contributed by atoms with Crippen LogP contribution in [0.25, 0.3) is 11.0 Å². The number of carbonyl (C=O) groups is 1. The van der Waals surface area contributed by atoms with E-state index in [-0.39, 0.29) is 11.2 Å². The van der Waals surface area contributed by atoms with Crippen molar-refractivity contribution in [1.29, 1.82) is 0 Å². The number of ether oxygens (including phenoxy) is 1. The second-order valence-electron chi connectivity index (χ2n) is 5.71. The molecule has 1 unspecified atom stereocenters. The van der Waals surface area contributed by atoms with Gasteiger partial charge in [-0.15, -0.1) is 0 Å². The van der Waals surface area contributed by atoms with E-state index in [1.54, 1.807) is 7.11 Å². The predicted molar refractivity (Wildman–Crippen MR) is 101 cm³/mol. The van der Waals surface area contributed by atoms with Gasteiger partial charge in [0, 0.05) is 12.6 Å². The average Bonchev–Trinajstić information content (AvgIpc) is 3.03. The number of nitrogens with zero attached hydrogens (tertiary/aromatic N) is 1. The molecular formula is C19H21N3O2S. The standard InChI is InChI=1S/C19H21N3O2S/c1-13(18(23)20-11-10-14-6-4-3-5-7-14)25-19-21-16-9-8-15(24-2)12-17(16)22-19/h3-9,12-13H,10-11H2,1-2H3,(H,20,23)(H,21,22).